The van der Waals surface area contributed by atoms with E-state index in [1.54, 1.807) is 12.1 Å². The first-order valence-corrected chi connectivity index (χ1v) is 6.58. The van der Waals surface area contributed by atoms with Crippen LogP contribution in [0.2, 0.25) is 0 Å². The molecule has 0 aromatic heterocycles. The van der Waals surface area contributed by atoms with Crippen LogP contribution in [0, 0.1) is 10.1 Å². The molecule has 1 unspecified atom stereocenters. The summed E-state index contributed by atoms with van der Waals surface area (Å²) in [5, 5.41) is 14.0. The number of non-ortho nitro benzene ring substituents is 1. The van der Waals surface area contributed by atoms with Gasteiger partial charge in [-0.05, 0) is 32.3 Å². The number of rotatable bonds is 5. The van der Waals surface area contributed by atoms with Crippen molar-refractivity contribution in [2.24, 2.45) is 0 Å². The van der Waals surface area contributed by atoms with E-state index in [2.05, 4.69) is 19.2 Å². The summed E-state index contributed by atoms with van der Waals surface area (Å²) in [5.41, 5.74) is 1.04. The number of nitrogens with one attached hydrogen (secondary N) is 1. The van der Waals surface area contributed by atoms with Crippen molar-refractivity contribution >= 4 is 5.69 Å². The second-order valence-electron chi connectivity index (χ2n) is 5.60. The van der Waals surface area contributed by atoms with Gasteiger partial charge in [-0.2, -0.15) is 0 Å². The number of ether oxygens (including phenoxy) is 1. The zero-order chi connectivity index (χ0) is 13.9. The molecule has 1 heterocycles. The summed E-state index contributed by atoms with van der Waals surface area (Å²) >= 11 is 0. The van der Waals surface area contributed by atoms with Crippen LogP contribution in [0.1, 0.15) is 32.3 Å². The third-order valence-corrected chi connectivity index (χ3v) is 3.38. The van der Waals surface area contributed by atoms with Crippen LogP contribution in [-0.2, 0) is 11.3 Å². The SMILES string of the molecule is CC1(C)CCC(CNCc2cccc([N+](=O)[O-])c2)O1. The molecule has 0 amide bonds. The second-order valence-corrected chi connectivity index (χ2v) is 5.60. The first-order chi connectivity index (χ1) is 8.96. The molecule has 1 aliphatic rings. The van der Waals surface area contributed by atoms with E-state index in [1.807, 2.05) is 6.07 Å². The number of nitro benzene ring substituents is 1. The van der Waals surface area contributed by atoms with Gasteiger partial charge in [-0.3, -0.25) is 10.1 Å². The number of nitrogens with zero attached hydrogens (tertiary/aromatic N) is 1. The summed E-state index contributed by atoms with van der Waals surface area (Å²) in [4.78, 5) is 10.3. The molecule has 0 spiro atoms. The van der Waals surface area contributed by atoms with Gasteiger partial charge in [0, 0.05) is 25.2 Å². The largest absolute Gasteiger partial charge is 0.371 e. The zero-order valence-electron chi connectivity index (χ0n) is 11.4. The predicted molar refractivity (Wildman–Crippen MR) is 73.0 cm³/mol. The molecule has 5 nitrogen and oxygen atoms in total. The molecular formula is C14H20N2O3. The Bertz CT molecular complexity index is 460. The highest BCUT2D eigenvalue weighted by atomic mass is 16.6. The van der Waals surface area contributed by atoms with Gasteiger partial charge >= 0.3 is 0 Å². The van der Waals surface area contributed by atoms with Gasteiger partial charge in [0.25, 0.3) is 5.69 Å². The Kier molecular flexibility index (Phi) is 4.17. The minimum atomic E-state index is -0.369. The minimum absolute atomic E-state index is 0.0160. The van der Waals surface area contributed by atoms with E-state index in [4.69, 9.17) is 4.74 Å². The van der Waals surface area contributed by atoms with E-state index in [9.17, 15) is 10.1 Å². The Morgan fingerprint density at radius 2 is 2.32 bits per heavy atom. The van der Waals surface area contributed by atoms with E-state index in [1.165, 1.54) is 6.07 Å². The highest BCUT2D eigenvalue weighted by Crippen LogP contribution is 2.28. The molecule has 104 valence electrons. The molecule has 5 heteroatoms. The molecule has 0 aliphatic carbocycles. The van der Waals surface area contributed by atoms with Gasteiger partial charge in [0.05, 0.1) is 16.6 Å². The molecule has 1 aromatic carbocycles. The third kappa shape index (κ3) is 4.01. The monoisotopic (exact) mass is 264 g/mol. The van der Waals surface area contributed by atoms with E-state index in [0.717, 1.165) is 24.9 Å². The highest BCUT2D eigenvalue weighted by Gasteiger charge is 2.31. The van der Waals surface area contributed by atoms with Crippen LogP contribution in [0.3, 0.4) is 0 Å². The van der Waals surface area contributed by atoms with Crippen LogP contribution in [-0.4, -0.2) is 23.2 Å². The topological polar surface area (TPSA) is 64.4 Å². The van der Waals surface area contributed by atoms with Crippen molar-refractivity contribution < 1.29 is 9.66 Å². The normalized spacial score (nSPS) is 21.5. The highest BCUT2D eigenvalue weighted by molar-refractivity contribution is 5.34. The molecule has 1 aromatic rings. The minimum Gasteiger partial charge on any atom is -0.371 e. The zero-order valence-corrected chi connectivity index (χ0v) is 11.4. The van der Waals surface area contributed by atoms with Crippen LogP contribution in [0.4, 0.5) is 5.69 Å². The fourth-order valence-corrected chi connectivity index (χ4v) is 2.38. The second kappa shape index (κ2) is 5.67. The number of hydrogen-bond acceptors (Lipinski definition) is 4. The number of hydrogen-bond donors (Lipinski definition) is 1. The Morgan fingerprint density at radius 3 is 2.95 bits per heavy atom. The molecule has 0 radical (unpaired) electrons. The van der Waals surface area contributed by atoms with Gasteiger partial charge in [0.1, 0.15) is 0 Å². The fraction of sp³-hybridized carbons (Fsp3) is 0.571. The summed E-state index contributed by atoms with van der Waals surface area (Å²) in [6.07, 6.45) is 2.39. The van der Waals surface area contributed by atoms with Crippen molar-refractivity contribution in [2.45, 2.75) is 44.9 Å². The Hall–Kier alpha value is -1.46. The van der Waals surface area contributed by atoms with Gasteiger partial charge in [-0.1, -0.05) is 12.1 Å². The molecule has 1 saturated heterocycles. The number of benzene rings is 1. The van der Waals surface area contributed by atoms with E-state index >= 15 is 0 Å². The molecule has 2 rings (SSSR count). The van der Waals surface area contributed by atoms with Gasteiger partial charge < -0.3 is 10.1 Å². The maximum atomic E-state index is 10.7. The molecule has 1 N–H and O–H groups in total. The molecule has 0 saturated carbocycles. The summed E-state index contributed by atoms with van der Waals surface area (Å²) in [5.74, 6) is 0. The Balaban J connectivity index is 1.80. The van der Waals surface area contributed by atoms with Crippen LogP contribution in [0.5, 0.6) is 0 Å². The lowest BCUT2D eigenvalue weighted by atomic mass is 10.1. The summed E-state index contributed by atoms with van der Waals surface area (Å²) in [6.45, 7) is 5.62. The third-order valence-electron chi connectivity index (χ3n) is 3.38. The van der Waals surface area contributed by atoms with E-state index in [0.29, 0.717) is 6.54 Å². The molecule has 0 bridgehead atoms. The summed E-state index contributed by atoms with van der Waals surface area (Å²) < 4.78 is 5.88. The maximum absolute atomic E-state index is 10.7. The van der Waals surface area contributed by atoms with Gasteiger partial charge in [-0.15, -0.1) is 0 Å². The molecule has 19 heavy (non-hydrogen) atoms. The summed E-state index contributed by atoms with van der Waals surface area (Å²) in [7, 11) is 0. The van der Waals surface area contributed by atoms with Crippen LogP contribution in [0.25, 0.3) is 0 Å². The van der Waals surface area contributed by atoms with E-state index in [-0.39, 0.29) is 22.3 Å². The van der Waals surface area contributed by atoms with Crippen molar-refractivity contribution in [3.8, 4) is 0 Å². The lowest BCUT2D eigenvalue weighted by Gasteiger charge is -2.19. The first kappa shape index (κ1) is 14.0. The Morgan fingerprint density at radius 1 is 1.53 bits per heavy atom. The van der Waals surface area contributed by atoms with Gasteiger partial charge in [0.2, 0.25) is 0 Å². The van der Waals surface area contributed by atoms with Crippen LogP contribution < -0.4 is 5.32 Å². The van der Waals surface area contributed by atoms with E-state index < -0.39 is 0 Å². The van der Waals surface area contributed by atoms with Crippen molar-refractivity contribution in [1.82, 2.24) is 5.32 Å². The molecule has 1 aliphatic heterocycles. The average Bonchev–Trinajstić information content (AvgIpc) is 2.69. The first-order valence-electron chi connectivity index (χ1n) is 6.58. The predicted octanol–water partition coefficient (Wildman–Crippen LogP) is 2.64. The fourth-order valence-electron chi connectivity index (χ4n) is 2.38. The smallest absolute Gasteiger partial charge is 0.269 e. The van der Waals surface area contributed by atoms with Gasteiger partial charge in [-0.25, -0.2) is 0 Å². The van der Waals surface area contributed by atoms with Crippen molar-refractivity contribution in [2.75, 3.05) is 6.54 Å². The molecule has 1 fully saturated rings. The lowest BCUT2D eigenvalue weighted by molar-refractivity contribution is -0.384. The van der Waals surface area contributed by atoms with Crippen molar-refractivity contribution in [3.05, 3.63) is 39.9 Å². The maximum Gasteiger partial charge on any atom is 0.269 e. The molecular weight excluding hydrogens is 244 g/mol. The Labute approximate surface area is 113 Å². The van der Waals surface area contributed by atoms with Crippen molar-refractivity contribution in [3.63, 3.8) is 0 Å². The van der Waals surface area contributed by atoms with Crippen LogP contribution in [0.15, 0.2) is 24.3 Å². The summed E-state index contributed by atoms with van der Waals surface area (Å²) in [6, 6.07) is 6.71. The average molecular weight is 264 g/mol. The quantitative estimate of drug-likeness (QED) is 0.656. The number of nitro groups is 1. The van der Waals surface area contributed by atoms with Crippen LogP contribution >= 0.6 is 0 Å². The molecule has 1 atom stereocenters. The van der Waals surface area contributed by atoms with Crippen molar-refractivity contribution in [1.29, 1.82) is 0 Å². The lowest BCUT2D eigenvalue weighted by Crippen LogP contribution is -2.29. The standard InChI is InChI=1S/C14H20N2O3/c1-14(2)7-6-13(19-14)10-15-9-11-4-3-5-12(8-11)16(17)18/h3-5,8,13,15H,6-7,9-10H2,1-2H3. The van der Waals surface area contributed by atoms with Gasteiger partial charge in [0.15, 0.2) is 0 Å².